The van der Waals surface area contributed by atoms with E-state index in [0.29, 0.717) is 12.1 Å². The van der Waals surface area contributed by atoms with Crippen LogP contribution in [0.5, 0.6) is 0 Å². The minimum Gasteiger partial charge on any atom is -0.321 e. The molecule has 29 heavy (non-hydrogen) atoms. The molecule has 4 heteroatoms. The summed E-state index contributed by atoms with van der Waals surface area (Å²) in [4.78, 5) is 12.4. The number of aryl methyl sites for hydroxylation is 1. The Morgan fingerprint density at radius 1 is 1.00 bits per heavy atom. The van der Waals surface area contributed by atoms with Gasteiger partial charge in [0.05, 0.1) is 0 Å². The fraction of sp³-hybridized carbons (Fsp3) is 0.120. The van der Waals surface area contributed by atoms with Crippen LogP contribution in [0.2, 0.25) is 0 Å². The second-order valence-electron chi connectivity index (χ2n) is 6.72. The van der Waals surface area contributed by atoms with Crippen LogP contribution >= 0.6 is 0 Å². The maximum atomic E-state index is 13.3. The SMILES string of the molecule is CCc1ccc(NC(=O)/C(C#N)=C/c2ccc(Cc3cccc(F)c3)cc2)cc1. The Morgan fingerprint density at radius 3 is 2.31 bits per heavy atom. The van der Waals surface area contributed by atoms with Crippen LogP contribution in [0.1, 0.15) is 29.2 Å². The van der Waals surface area contributed by atoms with Gasteiger partial charge in [-0.25, -0.2) is 4.39 Å². The Labute approximate surface area is 170 Å². The van der Waals surface area contributed by atoms with E-state index >= 15 is 0 Å². The molecule has 0 aliphatic rings. The van der Waals surface area contributed by atoms with Crippen molar-refractivity contribution in [3.05, 3.63) is 106 Å². The van der Waals surface area contributed by atoms with Crippen molar-refractivity contribution in [1.82, 2.24) is 0 Å². The van der Waals surface area contributed by atoms with Crippen molar-refractivity contribution in [3.63, 3.8) is 0 Å². The summed E-state index contributed by atoms with van der Waals surface area (Å²) in [7, 11) is 0. The highest BCUT2D eigenvalue weighted by Crippen LogP contribution is 2.15. The number of hydrogen-bond acceptors (Lipinski definition) is 2. The van der Waals surface area contributed by atoms with E-state index in [0.717, 1.165) is 23.1 Å². The van der Waals surface area contributed by atoms with E-state index in [4.69, 9.17) is 0 Å². The summed E-state index contributed by atoms with van der Waals surface area (Å²) in [5.41, 5.74) is 4.52. The minimum absolute atomic E-state index is 0.0300. The highest BCUT2D eigenvalue weighted by atomic mass is 19.1. The van der Waals surface area contributed by atoms with Crippen molar-refractivity contribution < 1.29 is 9.18 Å². The Kier molecular flexibility index (Phi) is 6.55. The van der Waals surface area contributed by atoms with Crippen LogP contribution in [0.3, 0.4) is 0 Å². The number of rotatable bonds is 6. The van der Waals surface area contributed by atoms with Crippen molar-refractivity contribution in [1.29, 1.82) is 5.26 Å². The monoisotopic (exact) mass is 384 g/mol. The Hall–Kier alpha value is -3.71. The second-order valence-corrected chi connectivity index (χ2v) is 6.72. The van der Waals surface area contributed by atoms with Crippen molar-refractivity contribution in [2.75, 3.05) is 5.32 Å². The van der Waals surface area contributed by atoms with Crippen molar-refractivity contribution >= 4 is 17.7 Å². The first-order valence-electron chi connectivity index (χ1n) is 9.43. The van der Waals surface area contributed by atoms with Crippen LogP contribution in [-0.2, 0) is 17.6 Å². The predicted molar refractivity (Wildman–Crippen MR) is 114 cm³/mol. The highest BCUT2D eigenvalue weighted by molar-refractivity contribution is 6.09. The minimum atomic E-state index is -0.444. The summed E-state index contributed by atoms with van der Waals surface area (Å²) in [5.74, 6) is -0.698. The van der Waals surface area contributed by atoms with Gasteiger partial charge in [-0.2, -0.15) is 5.26 Å². The van der Waals surface area contributed by atoms with E-state index in [1.165, 1.54) is 17.7 Å². The van der Waals surface area contributed by atoms with E-state index in [1.807, 2.05) is 60.7 Å². The summed E-state index contributed by atoms with van der Waals surface area (Å²) in [6.45, 7) is 2.06. The van der Waals surface area contributed by atoms with E-state index in [9.17, 15) is 14.4 Å². The molecular formula is C25H21FN2O. The molecule has 0 unspecified atom stereocenters. The first kappa shape index (κ1) is 20.0. The quantitative estimate of drug-likeness (QED) is 0.449. The molecule has 0 spiro atoms. The summed E-state index contributed by atoms with van der Waals surface area (Å²) in [6.07, 6.45) is 3.09. The first-order valence-corrected chi connectivity index (χ1v) is 9.43. The second kappa shape index (κ2) is 9.48. The number of amides is 1. The van der Waals surface area contributed by atoms with Gasteiger partial charge in [0.25, 0.3) is 5.91 Å². The standard InChI is InChI=1S/C25H21FN2O/c1-2-18-10-12-24(13-11-18)28-25(29)22(17-27)15-20-8-6-19(7-9-20)14-21-4-3-5-23(26)16-21/h3-13,15-16H,2,14H2,1H3,(H,28,29)/b22-15+. The lowest BCUT2D eigenvalue weighted by atomic mass is 10.0. The number of benzene rings is 3. The Morgan fingerprint density at radius 2 is 1.69 bits per heavy atom. The molecule has 0 saturated heterocycles. The van der Waals surface area contributed by atoms with Crippen LogP contribution in [-0.4, -0.2) is 5.91 Å². The molecule has 1 N–H and O–H groups in total. The maximum Gasteiger partial charge on any atom is 0.266 e. The number of nitrogens with one attached hydrogen (secondary N) is 1. The van der Waals surface area contributed by atoms with Gasteiger partial charge in [0, 0.05) is 5.69 Å². The zero-order valence-corrected chi connectivity index (χ0v) is 16.2. The van der Waals surface area contributed by atoms with Gasteiger partial charge < -0.3 is 5.32 Å². The predicted octanol–water partition coefficient (Wildman–Crippen LogP) is 5.52. The summed E-state index contributed by atoms with van der Waals surface area (Å²) in [6, 6.07) is 23.5. The summed E-state index contributed by atoms with van der Waals surface area (Å²) >= 11 is 0. The number of hydrogen-bond donors (Lipinski definition) is 1. The molecule has 0 radical (unpaired) electrons. The van der Waals surface area contributed by atoms with Crippen LogP contribution in [0, 0.1) is 17.1 Å². The molecule has 0 aromatic heterocycles. The van der Waals surface area contributed by atoms with Crippen LogP contribution in [0.15, 0.2) is 78.4 Å². The first-order chi connectivity index (χ1) is 14.1. The van der Waals surface area contributed by atoms with Crippen LogP contribution in [0.25, 0.3) is 6.08 Å². The zero-order chi connectivity index (χ0) is 20.6. The molecule has 3 aromatic carbocycles. The fourth-order valence-electron chi connectivity index (χ4n) is 2.95. The molecule has 0 atom stereocenters. The third-order valence-electron chi connectivity index (χ3n) is 4.57. The molecule has 1 amide bonds. The average Bonchev–Trinajstić information content (AvgIpc) is 2.73. The zero-order valence-electron chi connectivity index (χ0n) is 16.2. The van der Waals surface area contributed by atoms with Crippen molar-refractivity contribution in [3.8, 4) is 6.07 Å². The number of nitrogens with zero attached hydrogens (tertiary/aromatic N) is 1. The topological polar surface area (TPSA) is 52.9 Å². The van der Waals surface area contributed by atoms with Gasteiger partial charge in [-0.05, 0) is 65.4 Å². The smallest absolute Gasteiger partial charge is 0.266 e. The van der Waals surface area contributed by atoms with E-state index in [2.05, 4.69) is 12.2 Å². The molecule has 0 fully saturated rings. The number of halogens is 1. The highest BCUT2D eigenvalue weighted by Gasteiger charge is 2.09. The molecule has 0 aliphatic heterocycles. The molecule has 144 valence electrons. The number of nitriles is 1. The van der Waals surface area contributed by atoms with Gasteiger partial charge in [0.1, 0.15) is 17.5 Å². The summed E-state index contributed by atoms with van der Waals surface area (Å²) in [5, 5.41) is 12.1. The average molecular weight is 384 g/mol. The van der Waals surface area contributed by atoms with Gasteiger partial charge in [0.2, 0.25) is 0 Å². The van der Waals surface area contributed by atoms with Gasteiger partial charge in [-0.15, -0.1) is 0 Å². The number of carbonyl (C=O) groups excluding carboxylic acids is 1. The van der Waals surface area contributed by atoms with Gasteiger partial charge >= 0.3 is 0 Å². The van der Waals surface area contributed by atoms with E-state index < -0.39 is 5.91 Å². The molecule has 3 aromatic rings. The maximum absolute atomic E-state index is 13.3. The van der Waals surface area contributed by atoms with E-state index in [-0.39, 0.29) is 11.4 Å². The molecular weight excluding hydrogens is 363 g/mol. The lowest BCUT2D eigenvalue weighted by Crippen LogP contribution is -2.13. The molecule has 3 nitrogen and oxygen atoms in total. The van der Waals surface area contributed by atoms with Gasteiger partial charge in [0.15, 0.2) is 0 Å². The fourth-order valence-corrected chi connectivity index (χ4v) is 2.95. The molecule has 0 bridgehead atoms. The number of anilines is 1. The molecule has 0 saturated carbocycles. The van der Waals surface area contributed by atoms with E-state index in [1.54, 1.807) is 12.1 Å². The molecule has 0 heterocycles. The largest absolute Gasteiger partial charge is 0.321 e. The third-order valence-corrected chi connectivity index (χ3v) is 4.57. The Balaban J connectivity index is 1.69. The Bertz CT molecular complexity index is 1060. The third kappa shape index (κ3) is 5.63. The van der Waals surface area contributed by atoms with Gasteiger partial charge in [-0.1, -0.05) is 55.5 Å². The molecule has 3 rings (SSSR count). The molecule has 0 aliphatic carbocycles. The number of carbonyl (C=O) groups is 1. The van der Waals surface area contributed by atoms with Crippen LogP contribution < -0.4 is 5.32 Å². The van der Waals surface area contributed by atoms with Crippen molar-refractivity contribution in [2.24, 2.45) is 0 Å². The van der Waals surface area contributed by atoms with Gasteiger partial charge in [-0.3, -0.25) is 4.79 Å². The summed E-state index contributed by atoms with van der Waals surface area (Å²) < 4.78 is 13.3. The normalized spacial score (nSPS) is 11.0. The lowest BCUT2D eigenvalue weighted by molar-refractivity contribution is -0.112. The van der Waals surface area contributed by atoms with Crippen LogP contribution in [0.4, 0.5) is 10.1 Å². The lowest BCUT2D eigenvalue weighted by Gasteiger charge is -2.06. The van der Waals surface area contributed by atoms with Crippen molar-refractivity contribution in [2.45, 2.75) is 19.8 Å².